The number of nitrogens with one attached hydrogen (secondary N) is 2. The lowest BCUT2D eigenvalue weighted by molar-refractivity contribution is -0.114. The third-order valence-corrected chi connectivity index (χ3v) is 2.76. The maximum atomic E-state index is 11.0. The Hall–Kier alpha value is -1.31. The quantitative estimate of drug-likeness (QED) is 0.792. The Morgan fingerprint density at radius 1 is 1.47 bits per heavy atom. The third-order valence-electron chi connectivity index (χ3n) is 2.76. The van der Waals surface area contributed by atoms with E-state index in [9.17, 15) is 4.79 Å². The predicted octanol–water partition coefficient (Wildman–Crippen LogP) is 1.65. The molecular weight excluding hydrogens is 355 g/mol. The molecule has 0 radical (unpaired) electrons. The van der Waals surface area contributed by atoms with E-state index in [0.29, 0.717) is 6.54 Å². The highest BCUT2D eigenvalue weighted by molar-refractivity contribution is 14.0. The molecule has 1 heterocycles. The van der Waals surface area contributed by atoms with E-state index in [2.05, 4.69) is 20.5 Å². The average molecular weight is 374 g/mol. The van der Waals surface area contributed by atoms with Gasteiger partial charge < -0.3 is 15.5 Å². The first-order valence-electron chi connectivity index (χ1n) is 6.01. The van der Waals surface area contributed by atoms with Crippen LogP contribution in [0.2, 0.25) is 0 Å². The first-order chi connectivity index (χ1) is 8.65. The fourth-order valence-corrected chi connectivity index (χ4v) is 1.87. The minimum atomic E-state index is -0.0555. The number of carbonyl (C=O) groups is 1. The number of rotatable bonds is 3. The van der Waals surface area contributed by atoms with Crippen molar-refractivity contribution in [3.8, 4) is 0 Å². The lowest BCUT2D eigenvalue weighted by Crippen LogP contribution is -2.35. The van der Waals surface area contributed by atoms with Crippen molar-refractivity contribution in [2.24, 2.45) is 4.99 Å². The molecule has 1 aliphatic rings. The zero-order valence-corrected chi connectivity index (χ0v) is 13.5. The lowest BCUT2D eigenvalue weighted by Gasteiger charge is -2.15. The Labute approximate surface area is 130 Å². The van der Waals surface area contributed by atoms with Crippen LogP contribution in [0.4, 0.5) is 5.69 Å². The molecular formula is C13H19IN4O. The second-order valence-corrected chi connectivity index (χ2v) is 4.36. The number of guanidine groups is 1. The van der Waals surface area contributed by atoms with Crippen LogP contribution in [-0.4, -0.2) is 36.9 Å². The van der Waals surface area contributed by atoms with E-state index in [0.717, 1.165) is 30.3 Å². The molecule has 0 fully saturated rings. The van der Waals surface area contributed by atoms with E-state index in [1.54, 1.807) is 0 Å². The maximum Gasteiger partial charge on any atom is 0.221 e. The summed E-state index contributed by atoms with van der Waals surface area (Å²) < 4.78 is 0. The minimum Gasteiger partial charge on any atom is -0.352 e. The first-order valence-corrected chi connectivity index (χ1v) is 6.01. The van der Waals surface area contributed by atoms with Gasteiger partial charge in [0.05, 0.1) is 6.54 Å². The average Bonchev–Trinajstić information content (AvgIpc) is 2.72. The monoisotopic (exact) mass is 374 g/mol. The van der Waals surface area contributed by atoms with Crippen LogP contribution in [0.3, 0.4) is 0 Å². The van der Waals surface area contributed by atoms with Gasteiger partial charge in [0.2, 0.25) is 5.91 Å². The number of hydrogen-bond acceptors (Lipinski definition) is 4. The van der Waals surface area contributed by atoms with Crippen molar-refractivity contribution in [2.75, 3.05) is 25.5 Å². The molecule has 0 bridgehead atoms. The van der Waals surface area contributed by atoms with E-state index in [1.807, 2.05) is 31.3 Å². The summed E-state index contributed by atoms with van der Waals surface area (Å²) in [5.41, 5.74) is 1.94. The van der Waals surface area contributed by atoms with E-state index in [1.165, 1.54) is 6.92 Å². The van der Waals surface area contributed by atoms with Crippen LogP contribution in [0.25, 0.3) is 0 Å². The highest BCUT2D eigenvalue weighted by Crippen LogP contribution is 2.10. The Bertz CT molecular complexity index is 475. The molecule has 0 saturated heterocycles. The number of aliphatic imine (C=N–C) groups is 1. The number of halogens is 1. The van der Waals surface area contributed by atoms with Gasteiger partial charge in [-0.3, -0.25) is 9.79 Å². The molecule has 19 heavy (non-hydrogen) atoms. The van der Waals surface area contributed by atoms with Crippen LogP contribution in [0.1, 0.15) is 12.5 Å². The molecule has 2 N–H and O–H groups in total. The smallest absolute Gasteiger partial charge is 0.221 e. The maximum absolute atomic E-state index is 11.0. The zero-order chi connectivity index (χ0) is 13.0. The van der Waals surface area contributed by atoms with Gasteiger partial charge in [-0.1, -0.05) is 12.1 Å². The van der Waals surface area contributed by atoms with E-state index < -0.39 is 0 Å². The van der Waals surface area contributed by atoms with Gasteiger partial charge in [-0.15, -0.1) is 24.0 Å². The number of likely N-dealkylation sites (N-methyl/N-ethyl adjacent to an activating group) is 1. The number of anilines is 1. The van der Waals surface area contributed by atoms with Crippen molar-refractivity contribution in [1.82, 2.24) is 10.2 Å². The molecule has 0 unspecified atom stereocenters. The van der Waals surface area contributed by atoms with Crippen LogP contribution in [0.15, 0.2) is 29.3 Å². The molecule has 0 atom stereocenters. The van der Waals surface area contributed by atoms with Crippen molar-refractivity contribution in [3.05, 3.63) is 29.8 Å². The predicted molar refractivity (Wildman–Crippen MR) is 87.9 cm³/mol. The number of carbonyl (C=O) groups excluding carboxylic acids is 1. The zero-order valence-electron chi connectivity index (χ0n) is 11.1. The first kappa shape index (κ1) is 15.7. The normalized spacial score (nSPS) is 13.6. The van der Waals surface area contributed by atoms with Crippen molar-refractivity contribution in [3.63, 3.8) is 0 Å². The van der Waals surface area contributed by atoms with Gasteiger partial charge in [-0.2, -0.15) is 0 Å². The molecule has 104 valence electrons. The molecule has 2 rings (SSSR count). The number of amides is 1. The fourth-order valence-electron chi connectivity index (χ4n) is 1.87. The number of benzene rings is 1. The topological polar surface area (TPSA) is 56.7 Å². The largest absolute Gasteiger partial charge is 0.352 e. The molecule has 1 aliphatic heterocycles. The van der Waals surface area contributed by atoms with E-state index >= 15 is 0 Å². The van der Waals surface area contributed by atoms with Crippen LogP contribution >= 0.6 is 24.0 Å². The van der Waals surface area contributed by atoms with Gasteiger partial charge in [0, 0.05) is 32.7 Å². The van der Waals surface area contributed by atoms with Gasteiger partial charge in [0.15, 0.2) is 5.96 Å². The second kappa shape index (κ2) is 7.32. The summed E-state index contributed by atoms with van der Waals surface area (Å²) in [6.07, 6.45) is 0. The third kappa shape index (κ3) is 4.70. The van der Waals surface area contributed by atoms with Crippen molar-refractivity contribution in [1.29, 1.82) is 0 Å². The fraction of sp³-hybridized carbons (Fsp3) is 0.385. The molecule has 1 aromatic carbocycles. The van der Waals surface area contributed by atoms with Crippen LogP contribution in [-0.2, 0) is 11.3 Å². The molecule has 0 spiro atoms. The van der Waals surface area contributed by atoms with Crippen molar-refractivity contribution in [2.45, 2.75) is 13.5 Å². The van der Waals surface area contributed by atoms with Gasteiger partial charge >= 0.3 is 0 Å². The Morgan fingerprint density at radius 2 is 2.26 bits per heavy atom. The van der Waals surface area contributed by atoms with Gasteiger partial charge in [0.25, 0.3) is 0 Å². The molecule has 0 aliphatic carbocycles. The summed E-state index contributed by atoms with van der Waals surface area (Å²) in [7, 11) is 2.02. The van der Waals surface area contributed by atoms with E-state index in [4.69, 9.17) is 0 Å². The molecule has 6 heteroatoms. The van der Waals surface area contributed by atoms with Crippen LogP contribution in [0.5, 0.6) is 0 Å². The van der Waals surface area contributed by atoms with Gasteiger partial charge in [-0.05, 0) is 17.7 Å². The summed E-state index contributed by atoms with van der Waals surface area (Å²) in [6, 6.07) is 7.80. The summed E-state index contributed by atoms with van der Waals surface area (Å²) in [6.45, 7) is 4.03. The van der Waals surface area contributed by atoms with Gasteiger partial charge in [-0.25, -0.2) is 0 Å². The number of nitrogens with zero attached hydrogens (tertiary/aromatic N) is 2. The minimum absolute atomic E-state index is 0. The Kier molecular flexibility index (Phi) is 6.07. The van der Waals surface area contributed by atoms with Gasteiger partial charge in [0.1, 0.15) is 0 Å². The van der Waals surface area contributed by atoms with Crippen LogP contribution < -0.4 is 10.6 Å². The Balaban J connectivity index is 0.00000180. The summed E-state index contributed by atoms with van der Waals surface area (Å²) >= 11 is 0. The van der Waals surface area contributed by atoms with Crippen molar-refractivity contribution < 1.29 is 4.79 Å². The molecule has 0 saturated carbocycles. The summed E-state index contributed by atoms with van der Waals surface area (Å²) in [4.78, 5) is 17.4. The summed E-state index contributed by atoms with van der Waals surface area (Å²) in [5, 5.41) is 6.07. The highest BCUT2D eigenvalue weighted by atomic mass is 127. The standard InChI is InChI=1S/C13H18N4O.HI/c1-10(18)16-12-5-3-4-11(8-12)9-15-13-14-6-7-17(13)2;/h3-5,8H,6-7,9H2,1-2H3,(H,14,15)(H,16,18);1H. The second-order valence-electron chi connectivity index (χ2n) is 4.36. The SMILES string of the molecule is CC(=O)Nc1cccc(CNC2=NCCN2C)c1.I. The molecule has 1 aromatic rings. The van der Waals surface area contributed by atoms with Crippen LogP contribution in [0, 0.1) is 0 Å². The number of hydrogen-bond donors (Lipinski definition) is 2. The molecule has 0 aromatic heterocycles. The van der Waals surface area contributed by atoms with E-state index in [-0.39, 0.29) is 29.9 Å². The molecule has 5 nitrogen and oxygen atoms in total. The Morgan fingerprint density at radius 3 is 2.89 bits per heavy atom. The lowest BCUT2D eigenvalue weighted by atomic mass is 10.2. The molecule has 1 amide bonds. The highest BCUT2D eigenvalue weighted by Gasteiger charge is 2.11. The van der Waals surface area contributed by atoms with Crippen molar-refractivity contribution >= 4 is 41.5 Å². The summed E-state index contributed by atoms with van der Waals surface area (Å²) in [5.74, 6) is 0.875.